The Bertz CT molecular complexity index is 439. The Morgan fingerprint density at radius 1 is 0.913 bits per heavy atom. The van der Waals surface area contributed by atoms with Crippen LogP contribution in [0.3, 0.4) is 0 Å². The molecule has 2 atom stereocenters. The molecule has 0 bridgehead atoms. The van der Waals surface area contributed by atoms with E-state index in [1.165, 1.54) is 12.8 Å². The lowest BCUT2D eigenvalue weighted by Crippen LogP contribution is -2.45. The molecule has 23 heavy (non-hydrogen) atoms. The predicted molar refractivity (Wildman–Crippen MR) is 95.1 cm³/mol. The minimum Gasteiger partial charge on any atom is -0.341 e. The van der Waals surface area contributed by atoms with Crippen molar-refractivity contribution in [3.8, 4) is 0 Å². The Morgan fingerprint density at radius 3 is 1.87 bits per heavy atom. The van der Waals surface area contributed by atoms with Gasteiger partial charge in [0.15, 0.2) is 0 Å². The Labute approximate surface area is 142 Å². The molecule has 0 aromatic carbocycles. The highest BCUT2D eigenvalue weighted by Crippen LogP contribution is 2.59. The molecule has 2 heterocycles. The summed E-state index contributed by atoms with van der Waals surface area (Å²) in [6.45, 7) is 19.0. The third-order valence-electron chi connectivity index (χ3n) is 6.72. The molecule has 2 aliphatic heterocycles. The van der Waals surface area contributed by atoms with Gasteiger partial charge in [0.25, 0.3) is 0 Å². The molecule has 1 amide bonds. The molecule has 3 fully saturated rings. The third-order valence-corrected chi connectivity index (χ3v) is 6.72. The van der Waals surface area contributed by atoms with Gasteiger partial charge in [-0.1, -0.05) is 41.5 Å². The molecule has 132 valence electrons. The van der Waals surface area contributed by atoms with Gasteiger partial charge in [-0.15, -0.1) is 0 Å². The highest BCUT2D eigenvalue weighted by molar-refractivity contribution is 5.78. The maximum Gasteiger partial charge on any atom is 0.236 e. The molecule has 1 saturated carbocycles. The first-order valence-electron chi connectivity index (χ1n) is 9.57. The molecule has 3 aliphatic rings. The lowest BCUT2D eigenvalue weighted by atomic mass is 9.75. The van der Waals surface area contributed by atoms with Crippen LogP contribution in [0.2, 0.25) is 0 Å². The van der Waals surface area contributed by atoms with E-state index in [9.17, 15) is 4.79 Å². The molecule has 1 aliphatic carbocycles. The number of nitrogens with zero attached hydrogens (tertiary/aromatic N) is 2. The van der Waals surface area contributed by atoms with E-state index >= 15 is 0 Å². The maximum atomic E-state index is 12.6. The van der Waals surface area contributed by atoms with Crippen molar-refractivity contribution in [3.05, 3.63) is 0 Å². The molecular weight excluding hydrogens is 284 g/mol. The van der Waals surface area contributed by atoms with Gasteiger partial charge in [0, 0.05) is 13.1 Å². The standard InChI is InChI=1S/C20H36N2O/c1-19(2,3)14-7-9-21(10-8-14)13-17(23)22-11-15-16(12-22)18(15)20(4,5)6/h14-16,18H,7-13H2,1-6H3. The first-order chi connectivity index (χ1) is 10.6. The normalized spacial score (nSPS) is 33.0. The van der Waals surface area contributed by atoms with Gasteiger partial charge in [-0.3, -0.25) is 9.69 Å². The van der Waals surface area contributed by atoms with Crippen LogP contribution in [-0.4, -0.2) is 48.4 Å². The lowest BCUT2D eigenvalue weighted by molar-refractivity contribution is -0.132. The Hall–Kier alpha value is -0.570. The Balaban J connectivity index is 1.42. The highest BCUT2D eigenvalue weighted by atomic mass is 16.2. The van der Waals surface area contributed by atoms with Crippen LogP contribution in [0.25, 0.3) is 0 Å². The van der Waals surface area contributed by atoms with E-state index in [1.54, 1.807) is 0 Å². The van der Waals surface area contributed by atoms with E-state index in [1.807, 2.05) is 0 Å². The van der Waals surface area contributed by atoms with E-state index in [0.29, 0.717) is 23.3 Å². The predicted octanol–water partition coefficient (Wildman–Crippen LogP) is 3.50. The van der Waals surface area contributed by atoms with Gasteiger partial charge in [0.05, 0.1) is 6.54 Å². The van der Waals surface area contributed by atoms with Crippen molar-refractivity contribution in [1.82, 2.24) is 9.80 Å². The topological polar surface area (TPSA) is 23.6 Å². The van der Waals surface area contributed by atoms with Crippen LogP contribution in [0.5, 0.6) is 0 Å². The van der Waals surface area contributed by atoms with E-state index in [2.05, 4.69) is 51.3 Å². The molecule has 2 unspecified atom stereocenters. The van der Waals surface area contributed by atoms with E-state index < -0.39 is 0 Å². The zero-order valence-corrected chi connectivity index (χ0v) is 16.1. The van der Waals surface area contributed by atoms with Crippen LogP contribution >= 0.6 is 0 Å². The summed E-state index contributed by atoms with van der Waals surface area (Å²) in [4.78, 5) is 17.1. The summed E-state index contributed by atoms with van der Waals surface area (Å²) in [5.74, 6) is 3.59. The van der Waals surface area contributed by atoms with Gasteiger partial charge >= 0.3 is 0 Å². The van der Waals surface area contributed by atoms with Crippen molar-refractivity contribution in [1.29, 1.82) is 0 Å². The number of amides is 1. The van der Waals surface area contributed by atoms with Crippen LogP contribution in [0.1, 0.15) is 54.4 Å². The fraction of sp³-hybridized carbons (Fsp3) is 0.950. The molecule has 0 aromatic rings. The number of piperidine rings is 2. The second-order valence-corrected chi connectivity index (χ2v) is 10.4. The summed E-state index contributed by atoms with van der Waals surface area (Å²) < 4.78 is 0. The zero-order chi connectivity index (χ0) is 17.0. The number of carbonyl (C=O) groups is 1. The molecule has 2 saturated heterocycles. The second-order valence-electron chi connectivity index (χ2n) is 10.4. The van der Waals surface area contributed by atoms with Crippen molar-refractivity contribution in [2.45, 2.75) is 54.4 Å². The van der Waals surface area contributed by atoms with Gasteiger partial charge in [0.1, 0.15) is 0 Å². The third kappa shape index (κ3) is 3.60. The van der Waals surface area contributed by atoms with E-state index in [0.717, 1.165) is 49.9 Å². The quantitative estimate of drug-likeness (QED) is 0.777. The van der Waals surface area contributed by atoms with Crippen LogP contribution in [0.15, 0.2) is 0 Å². The van der Waals surface area contributed by atoms with Gasteiger partial charge in [-0.25, -0.2) is 0 Å². The second kappa shape index (κ2) is 5.75. The first kappa shape index (κ1) is 17.3. The molecule has 3 rings (SSSR count). The number of rotatable bonds is 2. The van der Waals surface area contributed by atoms with Gasteiger partial charge in [-0.05, 0) is 60.4 Å². The summed E-state index contributed by atoms with van der Waals surface area (Å²) in [5, 5.41) is 0. The first-order valence-corrected chi connectivity index (χ1v) is 9.57. The number of likely N-dealkylation sites (tertiary alicyclic amines) is 2. The summed E-state index contributed by atoms with van der Waals surface area (Å²) in [6.07, 6.45) is 2.49. The monoisotopic (exact) mass is 320 g/mol. The van der Waals surface area contributed by atoms with Crippen molar-refractivity contribution in [2.75, 3.05) is 32.7 Å². The number of carbonyl (C=O) groups excluding carboxylic acids is 1. The number of hydrogen-bond acceptors (Lipinski definition) is 2. The molecule has 0 N–H and O–H groups in total. The fourth-order valence-corrected chi connectivity index (χ4v) is 5.26. The molecule has 0 aromatic heterocycles. The van der Waals surface area contributed by atoms with Crippen LogP contribution < -0.4 is 0 Å². The Morgan fingerprint density at radius 2 is 1.43 bits per heavy atom. The molecule has 3 nitrogen and oxygen atoms in total. The van der Waals surface area contributed by atoms with Gasteiger partial charge < -0.3 is 4.90 Å². The zero-order valence-electron chi connectivity index (χ0n) is 16.1. The summed E-state index contributed by atoms with van der Waals surface area (Å²) in [5.41, 5.74) is 0.827. The van der Waals surface area contributed by atoms with Crippen LogP contribution in [-0.2, 0) is 4.79 Å². The van der Waals surface area contributed by atoms with Crippen molar-refractivity contribution in [2.24, 2.45) is 34.5 Å². The molecule has 0 radical (unpaired) electrons. The van der Waals surface area contributed by atoms with Crippen LogP contribution in [0.4, 0.5) is 0 Å². The van der Waals surface area contributed by atoms with E-state index in [4.69, 9.17) is 0 Å². The maximum absolute atomic E-state index is 12.6. The summed E-state index contributed by atoms with van der Waals surface area (Å²) in [6, 6.07) is 0. The fourth-order valence-electron chi connectivity index (χ4n) is 5.26. The molecular formula is C20H36N2O. The average Bonchev–Trinajstić information content (AvgIpc) is 2.96. The molecule has 3 heteroatoms. The minimum absolute atomic E-state index is 0.374. The smallest absolute Gasteiger partial charge is 0.236 e. The largest absolute Gasteiger partial charge is 0.341 e. The van der Waals surface area contributed by atoms with Crippen molar-refractivity contribution in [3.63, 3.8) is 0 Å². The summed E-state index contributed by atoms with van der Waals surface area (Å²) >= 11 is 0. The minimum atomic E-state index is 0.374. The average molecular weight is 321 g/mol. The lowest BCUT2D eigenvalue weighted by Gasteiger charge is -2.39. The highest BCUT2D eigenvalue weighted by Gasteiger charge is 2.60. The molecule has 0 spiro atoms. The van der Waals surface area contributed by atoms with Gasteiger partial charge in [0.2, 0.25) is 5.91 Å². The van der Waals surface area contributed by atoms with Crippen molar-refractivity contribution < 1.29 is 4.79 Å². The van der Waals surface area contributed by atoms with Crippen molar-refractivity contribution >= 4 is 5.91 Å². The summed E-state index contributed by atoms with van der Waals surface area (Å²) in [7, 11) is 0. The Kier molecular flexibility index (Phi) is 4.32. The van der Waals surface area contributed by atoms with Crippen LogP contribution in [0, 0.1) is 34.5 Å². The number of hydrogen-bond donors (Lipinski definition) is 0. The SMILES string of the molecule is CC(C)(C)C1CCN(CC(=O)N2CC3C(C2)C3C(C)(C)C)CC1. The van der Waals surface area contributed by atoms with Gasteiger partial charge in [-0.2, -0.15) is 0 Å². The van der Waals surface area contributed by atoms with E-state index in [-0.39, 0.29) is 0 Å². The number of fused-ring (bicyclic) bond motifs is 1.